The molecule has 0 atom stereocenters. The summed E-state index contributed by atoms with van der Waals surface area (Å²) < 4.78 is 6.93. The summed E-state index contributed by atoms with van der Waals surface area (Å²) in [6, 6.07) is 97.0. The van der Waals surface area contributed by atoms with E-state index < -0.39 is 23.8 Å². The van der Waals surface area contributed by atoms with Gasteiger partial charge in [0.2, 0.25) is 0 Å². The molecule has 305 valence electrons. The summed E-state index contributed by atoms with van der Waals surface area (Å²) in [6.07, 6.45) is 0. The fourth-order valence-corrected chi connectivity index (χ4v) is 13.5. The minimum Gasteiger partial charge on any atom is -0.0622 e. The summed E-state index contributed by atoms with van der Waals surface area (Å²) in [4.78, 5) is 0. The quantitative estimate of drug-likeness (QED) is 0.116. The zero-order valence-electron chi connectivity index (χ0n) is 33.5. The third-order valence-corrected chi connectivity index (χ3v) is 16.5. The Morgan fingerprint density at radius 2 is 0.262 bits per heavy atom. The van der Waals surface area contributed by atoms with Crippen LogP contribution in [-0.4, -0.2) is 14.9 Å². The van der Waals surface area contributed by atoms with Crippen molar-refractivity contribution in [2.24, 2.45) is 0 Å². The molecule has 0 saturated carbocycles. The fraction of sp³-hybridized carbons (Fsp3) is 0. The Balaban J connectivity index is 0.000000194. The third-order valence-electron chi connectivity index (χ3n) is 9.13. The molecule has 61 heavy (non-hydrogen) atoms. The molecule has 0 aliphatic heterocycles. The van der Waals surface area contributed by atoms with Gasteiger partial charge >= 0.3 is 22.6 Å². The molecule has 0 saturated heterocycles. The maximum Gasteiger partial charge on any atom is -0.0134 e. The number of benzene rings is 9. The summed E-state index contributed by atoms with van der Waals surface area (Å²) >= 11 is 1.35. The van der Waals surface area contributed by atoms with Crippen LogP contribution in [0.1, 0.15) is 0 Å². The van der Waals surface area contributed by atoms with Gasteiger partial charge in [-0.2, -0.15) is 0 Å². The first-order valence-corrected chi connectivity index (χ1v) is 24.2. The predicted molar refractivity (Wildman–Crippen MR) is 262 cm³/mol. The molecule has 3 nitrogen and oxygen atoms in total. The van der Waals surface area contributed by atoms with E-state index in [9.17, 15) is 0 Å². The van der Waals surface area contributed by atoms with Gasteiger partial charge in [-0.1, -0.05) is 273 Å². The van der Waals surface area contributed by atoms with Crippen LogP contribution in [0.4, 0.5) is 0 Å². The summed E-state index contributed by atoms with van der Waals surface area (Å²) in [5.41, 5.74) is 0. The molecule has 0 unspecified atom stereocenters. The van der Waals surface area contributed by atoms with Gasteiger partial charge in [0.15, 0.2) is 0 Å². The first kappa shape index (κ1) is 48.4. The number of hydrogen-bond donors (Lipinski definition) is 1. The van der Waals surface area contributed by atoms with Crippen LogP contribution in [0.15, 0.2) is 273 Å². The first-order chi connectivity index (χ1) is 29.3. The van der Waals surface area contributed by atoms with E-state index in [4.69, 9.17) is 3.93 Å². The summed E-state index contributed by atoms with van der Waals surface area (Å²) in [5, 5.41) is 12.6. The van der Waals surface area contributed by atoms with Crippen LogP contribution in [0.25, 0.3) is 0 Å². The second kappa shape index (κ2) is 27.6. The van der Waals surface area contributed by atoms with E-state index in [-0.39, 0.29) is 11.0 Å². The summed E-state index contributed by atoms with van der Waals surface area (Å²) in [7, 11) is -1.34. The van der Waals surface area contributed by atoms with Crippen LogP contribution >= 0.6 is 23.8 Å². The van der Waals surface area contributed by atoms with Crippen molar-refractivity contribution in [3.8, 4) is 0 Å². The molecule has 0 amide bonds. The molecule has 3 N–H and O–H groups in total. The minimum absolute atomic E-state index is 0. The molecular formula is C54H48O3P3Ru. The topological polar surface area (TPSA) is 80.2 Å². The smallest absolute Gasteiger partial charge is 0.0134 e. The van der Waals surface area contributed by atoms with Crippen LogP contribution in [0.3, 0.4) is 0 Å². The van der Waals surface area contributed by atoms with Gasteiger partial charge in [0, 0.05) is 0 Å². The average molecular weight is 939 g/mol. The average Bonchev–Trinajstić information content (AvgIpc) is 3.34. The molecule has 9 aromatic rings. The van der Waals surface area contributed by atoms with Gasteiger partial charge in [0.05, 0.1) is 0 Å². The molecule has 0 radical (unpaired) electrons. The van der Waals surface area contributed by atoms with E-state index in [2.05, 4.69) is 273 Å². The van der Waals surface area contributed by atoms with E-state index in [1.807, 2.05) is 0 Å². The SMILES string of the molecule is [OH-].[OH-].[OH][Ru+2].c1ccc(P(c2ccccc2)c2ccccc2)cc1.c1ccc(P(c2ccccc2)c2ccccc2)cc1.c1ccc(P(c2ccccc2)c2ccccc2)cc1. The Kier molecular flexibility index (Phi) is 21.9. The summed E-state index contributed by atoms with van der Waals surface area (Å²) in [6.45, 7) is 0. The molecule has 0 bridgehead atoms. The molecule has 0 heterocycles. The van der Waals surface area contributed by atoms with Crippen molar-refractivity contribution in [2.75, 3.05) is 0 Å². The van der Waals surface area contributed by atoms with E-state index >= 15 is 0 Å². The second-order valence-corrected chi connectivity index (χ2v) is 19.7. The monoisotopic (exact) mass is 939 g/mol. The Morgan fingerprint density at radius 1 is 0.180 bits per heavy atom. The third kappa shape index (κ3) is 14.4. The Bertz CT molecular complexity index is 1880. The van der Waals surface area contributed by atoms with Crippen molar-refractivity contribution in [3.63, 3.8) is 0 Å². The van der Waals surface area contributed by atoms with Crippen molar-refractivity contribution in [3.05, 3.63) is 273 Å². The van der Waals surface area contributed by atoms with Crippen molar-refractivity contribution in [2.45, 2.75) is 0 Å². The summed E-state index contributed by atoms with van der Waals surface area (Å²) in [5.74, 6) is 0. The normalized spacial score (nSPS) is 9.97. The maximum atomic E-state index is 6.93. The standard InChI is InChI=1S/3C18H15P.3H2O.Ru/c3*1-4-10-16(11-5-1)19(17-12-6-2-7-13-17)18-14-8-3-9-15-18;;;;/h3*1-15H;3*1H2;/q;;;;;;+3/p-3. The molecule has 9 aromatic carbocycles. The molecule has 0 aliphatic rings. The Hall–Kier alpha value is -5.23. The van der Waals surface area contributed by atoms with E-state index in [0.717, 1.165) is 0 Å². The zero-order chi connectivity index (χ0) is 40.7. The first-order valence-electron chi connectivity index (χ1n) is 19.4. The van der Waals surface area contributed by atoms with Crippen LogP contribution in [0.2, 0.25) is 0 Å². The van der Waals surface area contributed by atoms with Crippen molar-refractivity contribution in [1.82, 2.24) is 0 Å². The molecule has 0 spiro atoms. The van der Waals surface area contributed by atoms with Gasteiger partial charge in [-0.05, 0) is 71.5 Å². The van der Waals surface area contributed by atoms with Gasteiger partial charge in [0.25, 0.3) is 0 Å². The molecular weight excluding hydrogens is 891 g/mol. The fourth-order valence-electron chi connectivity index (χ4n) is 6.54. The maximum absolute atomic E-state index is 6.93. The Morgan fingerprint density at radius 3 is 0.344 bits per heavy atom. The van der Waals surface area contributed by atoms with Gasteiger partial charge in [0.1, 0.15) is 0 Å². The van der Waals surface area contributed by atoms with Gasteiger partial charge in [-0.3, -0.25) is 0 Å². The van der Waals surface area contributed by atoms with Crippen molar-refractivity contribution >= 4 is 71.5 Å². The van der Waals surface area contributed by atoms with Crippen molar-refractivity contribution in [1.29, 1.82) is 0 Å². The molecule has 0 aliphatic carbocycles. The van der Waals surface area contributed by atoms with Crippen LogP contribution in [0, 0.1) is 0 Å². The van der Waals surface area contributed by atoms with Crippen LogP contribution in [0.5, 0.6) is 0 Å². The molecule has 7 heteroatoms. The molecule has 0 aromatic heterocycles. The molecule has 9 rings (SSSR count). The van der Waals surface area contributed by atoms with Gasteiger partial charge in [-0.25, -0.2) is 0 Å². The number of hydrogen-bond acceptors (Lipinski definition) is 3. The zero-order valence-corrected chi connectivity index (χ0v) is 37.9. The van der Waals surface area contributed by atoms with Gasteiger partial charge < -0.3 is 11.0 Å². The molecule has 0 fully saturated rings. The largest absolute Gasteiger partial charge is 0.0622 e. The number of rotatable bonds is 9. The minimum atomic E-state index is -0.446. The predicted octanol–water partition coefficient (Wildman–Crippen LogP) is 9.42. The van der Waals surface area contributed by atoms with Gasteiger partial charge in [-0.15, -0.1) is 0 Å². The van der Waals surface area contributed by atoms with Crippen LogP contribution in [-0.2, 0) is 18.7 Å². The second-order valence-electron chi connectivity index (χ2n) is 13.0. The van der Waals surface area contributed by atoms with Crippen LogP contribution < -0.4 is 47.7 Å². The Labute approximate surface area is 375 Å². The van der Waals surface area contributed by atoms with E-state index in [1.165, 1.54) is 66.4 Å². The van der Waals surface area contributed by atoms with E-state index in [0.29, 0.717) is 0 Å². The van der Waals surface area contributed by atoms with E-state index in [1.54, 1.807) is 0 Å². The van der Waals surface area contributed by atoms with Crippen molar-refractivity contribution < 1.29 is 33.5 Å².